The number of nitrogens with one attached hydrogen (secondary N) is 1. The van der Waals surface area contributed by atoms with Crippen molar-refractivity contribution in [2.45, 2.75) is 45.3 Å². The molecule has 1 N–H and O–H groups in total. The second kappa shape index (κ2) is 8.11. The van der Waals surface area contributed by atoms with Gasteiger partial charge in [-0.25, -0.2) is 9.59 Å². The van der Waals surface area contributed by atoms with E-state index in [0.717, 1.165) is 15.6 Å². The van der Waals surface area contributed by atoms with Crippen molar-refractivity contribution >= 4 is 23.5 Å². The van der Waals surface area contributed by atoms with Crippen LogP contribution in [0.25, 0.3) is 0 Å². The van der Waals surface area contributed by atoms with Gasteiger partial charge in [-0.05, 0) is 45.1 Å². The van der Waals surface area contributed by atoms with Crippen LogP contribution in [0.2, 0.25) is 0 Å². The van der Waals surface area contributed by atoms with Gasteiger partial charge in [-0.2, -0.15) is 0 Å². The largest absolute Gasteiger partial charge is 0.445 e. The Morgan fingerprint density at radius 1 is 1.19 bits per heavy atom. The molecule has 0 bridgehead atoms. The quantitative estimate of drug-likeness (QED) is 0.759. The first-order chi connectivity index (χ1) is 14.7. The van der Waals surface area contributed by atoms with Crippen LogP contribution in [0, 0.1) is 18.8 Å². The molecule has 2 fully saturated rings. The third-order valence-electron chi connectivity index (χ3n) is 5.85. The van der Waals surface area contributed by atoms with Crippen molar-refractivity contribution in [3.63, 3.8) is 0 Å². The molecule has 2 aromatic rings. The second-order valence-electron chi connectivity index (χ2n) is 9.18. The highest BCUT2D eigenvalue weighted by Gasteiger charge is 2.71. The number of rotatable bonds is 5. The average Bonchev–Trinajstić information content (AvgIpc) is 3.08. The summed E-state index contributed by atoms with van der Waals surface area (Å²) in [5, 5.41) is 13.3. The van der Waals surface area contributed by atoms with Crippen molar-refractivity contribution in [1.82, 2.24) is 20.4 Å². The number of piperidine rings is 1. The third-order valence-corrected chi connectivity index (χ3v) is 6.88. The van der Waals surface area contributed by atoms with Crippen molar-refractivity contribution in [1.29, 1.82) is 0 Å². The lowest BCUT2D eigenvalue weighted by Gasteiger charge is -2.28. The molecule has 1 aliphatic heterocycles. The Balaban J connectivity index is 1.38. The number of carbonyl (C=O) groups excluding carboxylic acids is 2. The molecule has 31 heavy (non-hydrogen) atoms. The lowest BCUT2D eigenvalue weighted by molar-refractivity contribution is 0.0260. The van der Waals surface area contributed by atoms with Gasteiger partial charge in [0.25, 0.3) is 0 Å². The van der Waals surface area contributed by atoms with E-state index < -0.39 is 11.7 Å². The fourth-order valence-electron chi connectivity index (χ4n) is 4.34. The number of alkyl carbamates (subject to hydrolysis) is 1. The number of carbonyl (C=O) groups is 2. The second-order valence-corrected chi connectivity index (χ2v) is 10.4. The molecule has 166 valence electrons. The normalized spacial score (nSPS) is 24.5. The number of fused-ring (bicyclic) bond motifs is 1. The Bertz CT molecular complexity index is 944. The molecule has 1 saturated carbocycles. The Labute approximate surface area is 185 Å². The number of hydrogen-bond donors (Lipinski definition) is 1. The number of hydrogen-bond acceptors (Lipinski definition) is 7. The molecular weight excluding hydrogens is 416 g/mol. The highest BCUT2D eigenvalue weighted by Crippen LogP contribution is 2.63. The lowest BCUT2D eigenvalue weighted by atomic mass is 10.0. The Hall–Kier alpha value is -2.68. The van der Waals surface area contributed by atoms with Crippen LogP contribution in [-0.4, -0.2) is 52.5 Å². The van der Waals surface area contributed by atoms with E-state index >= 15 is 0 Å². The molecule has 8 nitrogen and oxygen atoms in total. The van der Waals surface area contributed by atoms with Gasteiger partial charge >= 0.3 is 12.2 Å². The molecule has 1 aromatic heterocycles. The number of aromatic nitrogens is 2. The number of benzene rings is 1. The van der Waals surface area contributed by atoms with E-state index in [1.165, 1.54) is 0 Å². The van der Waals surface area contributed by atoms with Crippen LogP contribution in [0.5, 0.6) is 0 Å². The van der Waals surface area contributed by atoms with Crippen LogP contribution in [0.4, 0.5) is 9.59 Å². The lowest BCUT2D eigenvalue weighted by Crippen LogP contribution is -2.42. The van der Waals surface area contributed by atoms with Crippen molar-refractivity contribution in [2.75, 3.05) is 19.6 Å². The zero-order valence-electron chi connectivity index (χ0n) is 18.3. The summed E-state index contributed by atoms with van der Waals surface area (Å²) in [6.07, 6.45) is -0.754. The predicted molar refractivity (Wildman–Crippen MR) is 116 cm³/mol. The van der Waals surface area contributed by atoms with Gasteiger partial charge in [-0.1, -0.05) is 30.3 Å². The van der Waals surface area contributed by atoms with E-state index in [2.05, 4.69) is 15.5 Å². The molecule has 4 rings (SSSR count). The van der Waals surface area contributed by atoms with Crippen LogP contribution in [-0.2, 0) is 21.5 Å². The third kappa shape index (κ3) is 4.51. The van der Waals surface area contributed by atoms with Gasteiger partial charge in [0.15, 0.2) is 0 Å². The molecule has 9 heteroatoms. The first kappa shape index (κ1) is 21.5. The summed E-state index contributed by atoms with van der Waals surface area (Å²) in [4.78, 5) is 26.5. The maximum absolute atomic E-state index is 12.5. The Morgan fingerprint density at radius 2 is 1.87 bits per heavy atom. The molecule has 0 radical (unpaired) electrons. The smallest absolute Gasteiger partial charge is 0.410 e. The van der Waals surface area contributed by atoms with E-state index in [4.69, 9.17) is 9.47 Å². The van der Waals surface area contributed by atoms with Crippen molar-refractivity contribution < 1.29 is 19.1 Å². The van der Waals surface area contributed by atoms with Gasteiger partial charge in [0.1, 0.15) is 22.2 Å². The number of nitrogens with zero attached hydrogens (tertiary/aromatic N) is 3. The molecule has 1 saturated heterocycles. The van der Waals surface area contributed by atoms with E-state index in [1.807, 2.05) is 58.0 Å². The van der Waals surface area contributed by atoms with Crippen LogP contribution < -0.4 is 5.32 Å². The Morgan fingerprint density at radius 3 is 2.45 bits per heavy atom. The molecule has 0 spiro atoms. The van der Waals surface area contributed by atoms with Gasteiger partial charge in [0.2, 0.25) is 0 Å². The molecule has 1 unspecified atom stereocenters. The molecule has 2 amide bonds. The van der Waals surface area contributed by atoms with Gasteiger partial charge in [0, 0.05) is 19.6 Å². The van der Waals surface area contributed by atoms with Gasteiger partial charge in [-0.3, -0.25) is 0 Å². The van der Waals surface area contributed by atoms with E-state index in [9.17, 15) is 9.59 Å². The standard InChI is InChI=1S/C22H28N4O4S/c1-14-24-25-18(31-14)22(13-23-19(27)29-12-15-8-6-5-7-9-15)16-10-26(11-17(16)22)20(28)30-21(2,3)4/h5-9,16-17H,10-13H2,1-4H3,(H,23,27)/t16-,17+,22?. The maximum atomic E-state index is 12.5. The highest BCUT2D eigenvalue weighted by molar-refractivity contribution is 7.11. The molecule has 3 atom stereocenters. The van der Waals surface area contributed by atoms with E-state index in [1.54, 1.807) is 16.2 Å². The summed E-state index contributed by atoms with van der Waals surface area (Å²) in [5.41, 5.74) is 0.0980. The molecule has 1 aromatic carbocycles. The monoisotopic (exact) mass is 444 g/mol. The van der Waals surface area contributed by atoms with Crippen LogP contribution in [0.1, 0.15) is 36.3 Å². The van der Waals surface area contributed by atoms with Crippen molar-refractivity contribution in [3.05, 3.63) is 45.9 Å². The highest BCUT2D eigenvalue weighted by atomic mass is 32.1. The van der Waals surface area contributed by atoms with E-state index in [0.29, 0.717) is 19.6 Å². The first-order valence-corrected chi connectivity index (χ1v) is 11.2. The fraction of sp³-hybridized carbons (Fsp3) is 0.545. The Kier molecular flexibility index (Phi) is 5.63. The topological polar surface area (TPSA) is 93.6 Å². The molecule has 1 aliphatic carbocycles. The predicted octanol–water partition coefficient (Wildman–Crippen LogP) is 3.51. The maximum Gasteiger partial charge on any atom is 0.410 e. The molecular formula is C22H28N4O4S. The van der Waals surface area contributed by atoms with Crippen LogP contribution in [0.3, 0.4) is 0 Å². The summed E-state index contributed by atoms with van der Waals surface area (Å²) in [6.45, 7) is 9.30. The van der Waals surface area contributed by atoms with Crippen molar-refractivity contribution in [3.8, 4) is 0 Å². The van der Waals surface area contributed by atoms with Gasteiger partial charge in [-0.15, -0.1) is 21.5 Å². The van der Waals surface area contributed by atoms with Gasteiger partial charge < -0.3 is 19.7 Å². The minimum Gasteiger partial charge on any atom is -0.445 e. The average molecular weight is 445 g/mol. The SMILES string of the molecule is Cc1nnc(C2(CNC(=O)OCc3ccccc3)[C@@H]3CN(C(=O)OC(C)(C)C)C[C@@H]32)s1. The van der Waals surface area contributed by atoms with Crippen LogP contribution >= 0.6 is 11.3 Å². The van der Waals surface area contributed by atoms with Gasteiger partial charge in [0.05, 0.1) is 5.41 Å². The molecule has 2 heterocycles. The number of likely N-dealkylation sites (tertiary alicyclic amines) is 1. The number of amides is 2. The number of aryl methyl sites for hydroxylation is 1. The summed E-state index contributed by atoms with van der Waals surface area (Å²) in [6, 6.07) is 9.56. The minimum atomic E-state index is -0.526. The summed E-state index contributed by atoms with van der Waals surface area (Å²) in [7, 11) is 0. The van der Waals surface area contributed by atoms with E-state index in [-0.39, 0.29) is 30.0 Å². The summed E-state index contributed by atoms with van der Waals surface area (Å²) in [5.74, 6) is 0.420. The van der Waals surface area contributed by atoms with Crippen molar-refractivity contribution in [2.24, 2.45) is 11.8 Å². The zero-order chi connectivity index (χ0) is 22.2. The summed E-state index contributed by atoms with van der Waals surface area (Å²) < 4.78 is 10.9. The first-order valence-electron chi connectivity index (χ1n) is 10.4. The molecule has 2 aliphatic rings. The fourth-order valence-corrected chi connectivity index (χ4v) is 5.35. The zero-order valence-corrected chi connectivity index (χ0v) is 19.1. The minimum absolute atomic E-state index is 0.210. The summed E-state index contributed by atoms with van der Waals surface area (Å²) >= 11 is 1.55. The van der Waals surface area contributed by atoms with Crippen LogP contribution in [0.15, 0.2) is 30.3 Å². The number of ether oxygens (including phenoxy) is 2.